The van der Waals surface area contributed by atoms with Gasteiger partial charge in [0.15, 0.2) is 5.78 Å². The van der Waals surface area contributed by atoms with Crippen LogP contribution in [0.25, 0.3) is 10.8 Å². The van der Waals surface area contributed by atoms with E-state index >= 15 is 0 Å². The summed E-state index contributed by atoms with van der Waals surface area (Å²) in [6, 6.07) is 15.7. The van der Waals surface area contributed by atoms with Crippen molar-refractivity contribution >= 4 is 52.2 Å². The molecule has 3 aromatic rings. The molecule has 4 unspecified atom stereocenters. The molecule has 3 aliphatic rings. The average Bonchev–Trinajstić information content (AvgIpc) is 3.32. The number of hydrogen-bond acceptors (Lipinski definition) is 8. The predicted molar refractivity (Wildman–Crippen MR) is 166 cm³/mol. The van der Waals surface area contributed by atoms with Crippen LogP contribution in [0.1, 0.15) is 31.0 Å². The van der Waals surface area contributed by atoms with Crippen molar-refractivity contribution in [2.45, 2.75) is 44.6 Å². The first-order valence-electron chi connectivity index (χ1n) is 15.4. The van der Waals surface area contributed by atoms with Crippen LogP contribution < -0.4 is 10.6 Å². The maximum Gasteiger partial charge on any atom is 0.329 e. The number of β-lactam (4-membered cyclic amide) rings is 1. The maximum absolute atomic E-state index is 13.6. The number of carbonyl (C=O) groups excluding carboxylic acids is 7. The SMILES string of the molecule is CCN1CCN(C(=O)NC(C(=O)NC2C(=O)N3C(C(=O)OCc4ccc5ccccc5c4)C(C)C(=O)[C@H]23)c2ccccc2)C(=O)C1=O. The molecule has 0 bridgehead atoms. The highest BCUT2D eigenvalue weighted by Crippen LogP contribution is 2.37. The molecule has 5 atom stereocenters. The molecular weight excluding hydrogens is 606 g/mol. The lowest BCUT2D eigenvalue weighted by Gasteiger charge is -2.44. The molecule has 3 fully saturated rings. The van der Waals surface area contributed by atoms with Crippen molar-refractivity contribution < 1.29 is 38.3 Å². The quantitative estimate of drug-likeness (QED) is 0.212. The highest BCUT2D eigenvalue weighted by Gasteiger charge is 2.64. The lowest BCUT2D eigenvalue weighted by molar-refractivity contribution is -0.166. The minimum absolute atomic E-state index is 0.0476. The number of amides is 6. The van der Waals surface area contributed by atoms with Crippen LogP contribution in [0.3, 0.4) is 0 Å². The number of nitrogens with one attached hydrogen (secondary N) is 2. The topological polar surface area (TPSA) is 162 Å². The van der Waals surface area contributed by atoms with Gasteiger partial charge in [-0.25, -0.2) is 9.59 Å². The van der Waals surface area contributed by atoms with E-state index in [0.717, 1.165) is 26.1 Å². The van der Waals surface area contributed by atoms with Crippen LogP contribution in [0.15, 0.2) is 72.8 Å². The Morgan fingerprint density at radius 3 is 2.32 bits per heavy atom. The number of hydrogen-bond donors (Lipinski definition) is 2. The number of ether oxygens (including phenoxy) is 1. The van der Waals surface area contributed by atoms with Gasteiger partial charge in [-0.2, -0.15) is 0 Å². The number of urea groups is 1. The summed E-state index contributed by atoms with van der Waals surface area (Å²) in [4.78, 5) is 94.8. The summed E-state index contributed by atoms with van der Waals surface area (Å²) in [5, 5.41) is 7.09. The van der Waals surface area contributed by atoms with Crippen molar-refractivity contribution in [2.24, 2.45) is 5.92 Å². The fourth-order valence-corrected chi connectivity index (χ4v) is 6.37. The number of piperazine rings is 1. The van der Waals surface area contributed by atoms with Gasteiger partial charge in [0.1, 0.15) is 30.8 Å². The Bertz CT molecular complexity index is 1800. The fourth-order valence-electron chi connectivity index (χ4n) is 6.37. The van der Waals surface area contributed by atoms with E-state index < -0.39 is 71.5 Å². The van der Waals surface area contributed by atoms with E-state index in [0.29, 0.717) is 12.1 Å². The van der Waals surface area contributed by atoms with E-state index in [2.05, 4.69) is 10.6 Å². The number of imide groups is 1. The molecule has 2 N–H and O–H groups in total. The minimum Gasteiger partial charge on any atom is -0.459 e. The minimum atomic E-state index is -1.37. The van der Waals surface area contributed by atoms with Crippen LogP contribution in [-0.2, 0) is 40.1 Å². The predicted octanol–water partition coefficient (Wildman–Crippen LogP) is 1.31. The molecule has 6 amide bonds. The molecule has 13 heteroatoms. The molecule has 0 spiro atoms. The van der Waals surface area contributed by atoms with Crippen LogP contribution >= 0.6 is 0 Å². The second kappa shape index (κ2) is 12.7. The van der Waals surface area contributed by atoms with E-state index in [-0.39, 0.29) is 19.7 Å². The monoisotopic (exact) mass is 639 g/mol. The number of esters is 1. The summed E-state index contributed by atoms with van der Waals surface area (Å²) in [7, 11) is 0. The standard InChI is InChI=1S/C34H33N5O8/c1-3-37-15-16-38(32(44)31(37)43)34(46)36-24(22-10-5-4-6-11-22)29(41)35-25-27-28(40)19(2)26(39(27)30(25)42)33(45)47-18-20-13-14-21-9-7-8-12-23(21)17-20/h4-14,17,19,24-27H,3,15-16,18H2,1-2H3,(H,35,41)(H,36,46)/t19?,24?,25?,26?,27-/m0/s1. The number of fused-ring (bicyclic) bond motifs is 2. The fraction of sp³-hybridized carbons (Fsp3) is 0.324. The van der Waals surface area contributed by atoms with Gasteiger partial charge in [-0.15, -0.1) is 0 Å². The Kier molecular flexibility index (Phi) is 8.46. The summed E-state index contributed by atoms with van der Waals surface area (Å²) in [5.41, 5.74) is 1.09. The lowest BCUT2D eigenvalue weighted by Crippen LogP contribution is -2.72. The van der Waals surface area contributed by atoms with Crippen molar-refractivity contribution in [3.63, 3.8) is 0 Å². The van der Waals surface area contributed by atoms with E-state index in [1.54, 1.807) is 44.2 Å². The summed E-state index contributed by atoms with van der Waals surface area (Å²) in [5.74, 6) is -5.28. The summed E-state index contributed by atoms with van der Waals surface area (Å²) in [6.45, 7) is 3.61. The number of likely N-dealkylation sites (N-methyl/N-ethyl adjacent to an activating group) is 1. The third-order valence-electron chi connectivity index (χ3n) is 8.98. The van der Waals surface area contributed by atoms with E-state index in [9.17, 15) is 33.6 Å². The van der Waals surface area contributed by atoms with Gasteiger partial charge in [-0.05, 0) is 34.9 Å². The van der Waals surface area contributed by atoms with Crippen LogP contribution in [0.5, 0.6) is 0 Å². The second-order valence-electron chi connectivity index (χ2n) is 11.7. The Hall–Kier alpha value is -5.59. The average molecular weight is 640 g/mol. The molecule has 0 aromatic heterocycles. The zero-order chi connectivity index (χ0) is 33.4. The van der Waals surface area contributed by atoms with Crippen molar-refractivity contribution in [3.05, 3.63) is 83.9 Å². The number of Topliss-reactive ketones (excluding diaryl/α,β-unsaturated/α-hetero) is 1. The molecule has 0 radical (unpaired) electrons. The van der Waals surface area contributed by atoms with Crippen LogP contribution in [0.4, 0.5) is 4.79 Å². The van der Waals surface area contributed by atoms with Gasteiger partial charge < -0.3 is 25.2 Å². The third kappa shape index (κ3) is 5.68. The van der Waals surface area contributed by atoms with Crippen LogP contribution in [0, 0.1) is 5.92 Å². The molecule has 3 aromatic carbocycles. The molecule has 13 nitrogen and oxygen atoms in total. The highest BCUT2D eigenvalue weighted by molar-refractivity contribution is 6.38. The normalized spacial score (nSPS) is 22.9. The first-order chi connectivity index (χ1) is 22.6. The van der Waals surface area contributed by atoms with Crippen molar-refractivity contribution in [1.29, 1.82) is 0 Å². The lowest BCUT2D eigenvalue weighted by atomic mass is 9.92. The first-order valence-corrected chi connectivity index (χ1v) is 15.4. The molecule has 0 aliphatic carbocycles. The Balaban J connectivity index is 1.13. The molecule has 6 rings (SSSR count). The van der Waals surface area contributed by atoms with Gasteiger partial charge >= 0.3 is 23.8 Å². The smallest absolute Gasteiger partial charge is 0.329 e. The van der Waals surface area contributed by atoms with Crippen LogP contribution in [-0.4, -0.2) is 93.9 Å². The molecule has 3 aliphatic heterocycles. The summed E-state index contributed by atoms with van der Waals surface area (Å²) >= 11 is 0. The van der Waals surface area contributed by atoms with E-state index in [1.807, 2.05) is 42.5 Å². The van der Waals surface area contributed by atoms with Crippen molar-refractivity contribution in [3.8, 4) is 0 Å². The molecule has 47 heavy (non-hydrogen) atoms. The number of rotatable bonds is 8. The Labute approximate surface area is 269 Å². The van der Waals surface area contributed by atoms with Gasteiger partial charge in [0.25, 0.3) is 0 Å². The number of benzene rings is 3. The van der Waals surface area contributed by atoms with Gasteiger partial charge in [0.05, 0.1) is 0 Å². The second-order valence-corrected chi connectivity index (χ2v) is 11.7. The number of carbonyl (C=O) groups is 7. The molecule has 0 saturated carbocycles. The summed E-state index contributed by atoms with van der Waals surface area (Å²) in [6.07, 6.45) is 0. The highest BCUT2D eigenvalue weighted by atomic mass is 16.5. The Morgan fingerprint density at radius 2 is 1.60 bits per heavy atom. The number of ketones is 1. The number of nitrogens with zero attached hydrogens (tertiary/aromatic N) is 3. The van der Waals surface area contributed by atoms with Crippen LogP contribution in [0.2, 0.25) is 0 Å². The van der Waals surface area contributed by atoms with Gasteiger partial charge in [-0.3, -0.25) is 28.9 Å². The largest absolute Gasteiger partial charge is 0.459 e. The zero-order valence-corrected chi connectivity index (χ0v) is 25.8. The van der Waals surface area contributed by atoms with Crippen molar-refractivity contribution in [2.75, 3.05) is 19.6 Å². The first kappa shape index (κ1) is 31.4. The molecule has 3 saturated heterocycles. The maximum atomic E-state index is 13.6. The van der Waals surface area contributed by atoms with E-state index in [4.69, 9.17) is 4.74 Å². The zero-order valence-electron chi connectivity index (χ0n) is 25.8. The van der Waals surface area contributed by atoms with E-state index in [1.165, 1.54) is 4.90 Å². The third-order valence-corrected chi connectivity index (χ3v) is 8.98. The van der Waals surface area contributed by atoms with Gasteiger partial charge in [0, 0.05) is 25.6 Å². The van der Waals surface area contributed by atoms with Gasteiger partial charge in [0.2, 0.25) is 11.8 Å². The van der Waals surface area contributed by atoms with Gasteiger partial charge in [-0.1, -0.05) is 73.7 Å². The molecule has 3 heterocycles. The molecule has 242 valence electrons. The Morgan fingerprint density at radius 1 is 0.894 bits per heavy atom. The summed E-state index contributed by atoms with van der Waals surface area (Å²) < 4.78 is 5.55. The molecular formula is C34H33N5O8. The van der Waals surface area contributed by atoms with Crippen molar-refractivity contribution in [1.82, 2.24) is 25.3 Å².